The Bertz CT molecular complexity index is 841. The Balaban J connectivity index is 1.95. The van der Waals surface area contributed by atoms with Crippen LogP contribution in [0.1, 0.15) is 36.1 Å². The SMILES string of the molecule is O=C(O)[C@@H]1CCCc2nn(Cc3cccc(C(F)(F)F)n3)c(=O)n21. The van der Waals surface area contributed by atoms with Crippen LogP contribution < -0.4 is 5.69 Å². The fourth-order valence-electron chi connectivity index (χ4n) is 2.75. The summed E-state index contributed by atoms with van der Waals surface area (Å²) in [5.74, 6) is -0.805. The molecule has 10 heteroatoms. The fraction of sp³-hybridized carbons (Fsp3) is 0.429. The molecular weight excluding hydrogens is 329 g/mol. The van der Waals surface area contributed by atoms with Crippen molar-refractivity contribution in [3.05, 3.63) is 45.9 Å². The highest BCUT2D eigenvalue weighted by Gasteiger charge is 2.33. The highest BCUT2D eigenvalue weighted by Crippen LogP contribution is 2.27. The molecule has 0 amide bonds. The van der Waals surface area contributed by atoms with Crippen molar-refractivity contribution < 1.29 is 23.1 Å². The van der Waals surface area contributed by atoms with E-state index < -0.39 is 29.6 Å². The molecule has 3 heterocycles. The minimum Gasteiger partial charge on any atom is -0.480 e. The largest absolute Gasteiger partial charge is 0.480 e. The summed E-state index contributed by atoms with van der Waals surface area (Å²) in [7, 11) is 0. The van der Waals surface area contributed by atoms with Gasteiger partial charge in [0.05, 0.1) is 12.2 Å². The Morgan fingerprint density at radius 2 is 2.12 bits per heavy atom. The molecule has 3 rings (SSSR count). The van der Waals surface area contributed by atoms with Crippen LogP contribution in [0.25, 0.3) is 0 Å². The summed E-state index contributed by atoms with van der Waals surface area (Å²) in [6, 6.07) is 2.40. The normalized spacial score (nSPS) is 17.5. The van der Waals surface area contributed by atoms with Crippen molar-refractivity contribution in [2.75, 3.05) is 0 Å². The number of carbonyl (C=O) groups is 1. The van der Waals surface area contributed by atoms with Gasteiger partial charge in [0.2, 0.25) is 0 Å². The van der Waals surface area contributed by atoms with Crippen LogP contribution in [0.15, 0.2) is 23.0 Å². The average Bonchev–Trinajstić information content (AvgIpc) is 2.83. The maximum atomic E-state index is 12.7. The molecular formula is C14H13F3N4O3. The topological polar surface area (TPSA) is 90.0 Å². The lowest BCUT2D eigenvalue weighted by Crippen LogP contribution is -2.34. The van der Waals surface area contributed by atoms with Gasteiger partial charge in [-0.3, -0.25) is 4.57 Å². The van der Waals surface area contributed by atoms with Crippen LogP contribution in [0.5, 0.6) is 0 Å². The number of rotatable bonds is 3. The number of aliphatic carboxylic acids is 1. The number of carboxylic acids is 1. The molecule has 0 aliphatic carbocycles. The molecule has 1 aliphatic rings. The molecule has 24 heavy (non-hydrogen) atoms. The lowest BCUT2D eigenvalue weighted by atomic mass is 10.1. The predicted molar refractivity (Wildman–Crippen MR) is 74.4 cm³/mol. The molecule has 0 bridgehead atoms. The van der Waals surface area contributed by atoms with Crippen LogP contribution >= 0.6 is 0 Å². The zero-order chi connectivity index (χ0) is 17.5. The predicted octanol–water partition coefficient (Wildman–Crippen LogP) is 1.47. The van der Waals surface area contributed by atoms with Crippen molar-refractivity contribution in [2.45, 2.75) is 38.0 Å². The smallest absolute Gasteiger partial charge is 0.433 e. The molecule has 0 radical (unpaired) electrons. The van der Waals surface area contributed by atoms with Crippen molar-refractivity contribution >= 4 is 5.97 Å². The number of alkyl halides is 3. The third-order valence-corrected chi connectivity index (χ3v) is 3.82. The van der Waals surface area contributed by atoms with E-state index >= 15 is 0 Å². The summed E-state index contributed by atoms with van der Waals surface area (Å²) >= 11 is 0. The van der Waals surface area contributed by atoms with E-state index in [4.69, 9.17) is 0 Å². The number of carboxylic acid groups (broad SMARTS) is 1. The molecule has 0 unspecified atom stereocenters. The van der Waals surface area contributed by atoms with Gasteiger partial charge in [0.1, 0.15) is 17.6 Å². The Morgan fingerprint density at radius 1 is 1.38 bits per heavy atom. The average molecular weight is 342 g/mol. The summed E-state index contributed by atoms with van der Waals surface area (Å²) in [6.45, 7) is -0.255. The van der Waals surface area contributed by atoms with Crippen molar-refractivity contribution in [3.63, 3.8) is 0 Å². The molecule has 0 saturated heterocycles. The van der Waals surface area contributed by atoms with E-state index in [1.807, 2.05) is 0 Å². The minimum absolute atomic E-state index is 0.0225. The van der Waals surface area contributed by atoms with E-state index in [-0.39, 0.29) is 12.2 Å². The summed E-state index contributed by atoms with van der Waals surface area (Å²) in [6.07, 6.45) is -3.24. The van der Waals surface area contributed by atoms with E-state index in [2.05, 4.69) is 10.1 Å². The number of aromatic nitrogens is 4. The van der Waals surface area contributed by atoms with E-state index in [1.165, 1.54) is 12.1 Å². The van der Waals surface area contributed by atoms with Crippen molar-refractivity contribution in [3.8, 4) is 0 Å². The van der Waals surface area contributed by atoms with E-state index in [0.29, 0.717) is 25.1 Å². The highest BCUT2D eigenvalue weighted by molar-refractivity contribution is 5.72. The first-order chi connectivity index (χ1) is 11.3. The first-order valence-electron chi connectivity index (χ1n) is 7.21. The van der Waals surface area contributed by atoms with Crippen LogP contribution in [0, 0.1) is 0 Å². The molecule has 1 aliphatic heterocycles. The monoisotopic (exact) mass is 342 g/mol. The van der Waals surface area contributed by atoms with E-state index in [9.17, 15) is 27.9 Å². The molecule has 2 aromatic heterocycles. The number of hydrogen-bond acceptors (Lipinski definition) is 4. The Hall–Kier alpha value is -2.65. The van der Waals surface area contributed by atoms with Gasteiger partial charge in [-0.15, -0.1) is 0 Å². The standard InChI is InChI=1S/C14H13F3N4O3/c15-14(16,17)10-5-1-3-8(18-10)7-20-13(24)21-9(12(22)23)4-2-6-11(21)19-20/h1,3,5,9H,2,4,6-7H2,(H,22,23)/t9-/m0/s1. The first kappa shape index (κ1) is 16.2. The summed E-state index contributed by atoms with van der Waals surface area (Å²) in [5.41, 5.74) is -1.69. The van der Waals surface area contributed by atoms with Crippen LogP contribution in [0.3, 0.4) is 0 Å². The third-order valence-electron chi connectivity index (χ3n) is 3.82. The Morgan fingerprint density at radius 3 is 2.79 bits per heavy atom. The van der Waals surface area contributed by atoms with Crippen molar-refractivity contribution in [1.29, 1.82) is 0 Å². The Labute approximate surface area is 133 Å². The Kier molecular flexibility index (Phi) is 3.90. The van der Waals surface area contributed by atoms with Crippen LogP contribution in [-0.2, 0) is 23.9 Å². The first-order valence-corrected chi connectivity index (χ1v) is 7.21. The molecule has 2 aromatic rings. The summed E-state index contributed by atoms with van der Waals surface area (Å²) < 4.78 is 40.1. The van der Waals surface area contributed by atoms with Gasteiger partial charge in [-0.05, 0) is 25.0 Å². The number of aryl methyl sites for hydroxylation is 1. The second-order valence-corrected chi connectivity index (χ2v) is 5.48. The molecule has 0 spiro atoms. The van der Waals surface area contributed by atoms with E-state index in [0.717, 1.165) is 15.3 Å². The van der Waals surface area contributed by atoms with Crippen LogP contribution in [0.4, 0.5) is 13.2 Å². The van der Waals surface area contributed by atoms with Gasteiger partial charge in [0, 0.05) is 6.42 Å². The lowest BCUT2D eigenvalue weighted by Gasteiger charge is -2.19. The minimum atomic E-state index is -4.58. The van der Waals surface area contributed by atoms with Gasteiger partial charge in [0.25, 0.3) is 0 Å². The molecule has 0 aromatic carbocycles. The van der Waals surface area contributed by atoms with Gasteiger partial charge >= 0.3 is 17.8 Å². The fourth-order valence-corrected chi connectivity index (χ4v) is 2.75. The number of hydrogen-bond donors (Lipinski definition) is 1. The van der Waals surface area contributed by atoms with Gasteiger partial charge in [0.15, 0.2) is 0 Å². The number of pyridine rings is 1. The molecule has 7 nitrogen and oxygen atoms in total. The number of nitrogens with zero attached hydrogens (tertiary/aromatic N) is 4. The zero-order valence-electron chi connectivity index (χ0n) is 12.3. The zero-order valence-corrected chi connectivity index (χ0v) is 12.3. The molecule has 0 fully saturated rings. The van der Waals surface area contributed by atoms with Crippen molar-refractivity contribution in [2.24, 2.45) is 0 Å². The van der Waals surface area contributed by atoms with Gasteiger partial charge < -0.3 is 5.11 Å². The summed E-state index contributed by atoms with van der Waals surface area (Å²) in [5, 5.41) is 13.3. The van der Waals surface area contributed by atoms with Crippen molar-refractivity contribution in [1.82, 2.24) is 19.3 Å². The second-order valence-electron chi connectivity index (χ2n) is 5.48. The molecule has 1 atom stereocenters. The van der Waals surface area contributed by atoms with Crippen LogP contribution in [0.2, 0.25) is 0 Å². The number of halogens is 3. The third kappa shape index (κ3) is 2.91. The summed E-state index contributed by atoms with van der Waals surface area (Å²) in [4.78, 5) is 27.1. The maximum Gasteiger partial charge on any atom is 0.433 e. The van der Waals surface area contributed by atoms with Gasteiger partial charge in [-0.1, -0.05) is 6.07 Å². The lowest BCUT2D eigenvalue weighted by molar-refractivity contribution is -0.142. The molecule has 1 N–H and O–H groups in total. The second kappa shape index (κ2) is 5.77. The van der Waals surface area contributed by atoms with Gasteiger partial charge in [-0.25, -0.2) is 19.3 Å². The molecule has 128 valence electrons. The number of fused-ring (bicyclic) bond motifs is 1. The highest BCUT2D eigenvalue weighted by atomic mass is 19.4. The van der Waals surface area contributed by atoms with Crippen LogP contribution in [-0.4, -0.2) is 30.4 Å². The van der Waals surface area contributed by atoms with Gasteiger partial charge in [-0.2, -0.15) is 18.3 Å². The molecule has 0 saturated carbocycles. The quantitative estimate of drug-likeness (QED) is 0.912. The van der Waals surface area contributed by atoms with E-state index in [1.54, 1.807) is 0 Å². The maximum absolute atomic E-state index is 12.7.